The highest BCUT2D eigenvalue weighted by Crippen LogP contribution is 2.20. The number of nitrogens with zero attached hydrogens (tertiary/aromatic N) is 3. The van der Waals surface area contributed by atoms with Gasteiger partial charge in [-0.1, -0.05) is 0 Å². The van der Waals surface area contributed by atoms with Gasteiger partial charge in [-0.15, -0.1) is 0 Å². The van der Waals surface area contributed by atoms with E-state index in [-0.39, 0.29) is 23.9 Å². The lowest BCUT2D eigenvalue weighted by Gasteiger charge is -2.35. The predicted octanol–water partition coefficient (Wildman–Crippen LogP) is 1.41. The van der Waals surface area contributed by atoms with Gasteiger partial charge in [0.2, 0.25) is 11.8 Å². The van der Waals surface area contributed by atoms with Crippen molar-refractivity contribution in [1.29, 1.82) is 0 Å². The summed E-state index contributed by atoms with van der Waals surface area (Å²) < 4.78 is 2.15. The Balaban J connectivity index is 1.54. The second-order valence-electron chi connectivity index (χ2n) is 6.82. The van der Waals surface area contributed by atoms with Crippen molar-refractivity contribution in [3.63, 3.8) is 0 Å². The fourth-order valence-electron chi connectivity index (χ4n) is 3.83. The van der Waals surface area contributed by atoms with Crippen LogP contribution >= 0.6 is 0 Å². The van der Waals surface area contributed by atoms with Crippen molar-refractivity contribution < 1.29 is 9.59 Å². The second kappa shape index (κ2) is 6.72. The molecule has 1 N–H and O–H groups in total. The molecular formula is C17H26N4O2. The molecule has 2 atom stereocenters. The Kier molecular flexibility index (Phi) is 4.68. The minimum atomic E-state index is 0.0634. The highest BCUT2D eigenvalue weighted by Gasteiger charge is 2.28. The molecule has 0 aliphatic carbocycles. The molecule has 126 valence electrons. The minimum absolute atomic E-state index is 0.0634. The van der Waals surface area contributed by atoms with Crippen LogP contribution in [0, 0.1) is 6.92 Å². The van der Waals surface area contributed by atoms with Crippen LogP contribution < -0.4 is 5.32 Å². The Morgan fingerprint density at radius 1 is 1.35 bits per heavy atom. The van der Waals surface area contributed by atoms with Crippen LogP contribution in [-0.2, 0) is 22.6 Å². The number of imidazole rings is 1. The quantitative estimate of drug-likeness (QED) is 0.916. The maximum absolute atomic E-state index is 12.4. The molecular weight excluding hydrogens is 292 g/mol. The maximum atomic E-state index is 12.4. The summed E-state index contributed by atoms with van der Waals surface area (Å²) >= 11 is 0. The number of piperidine rings is 1. The standard InChI is InChI=1S/C17H26N4O2/c1-12-10-20-11-14(6-7-16(20)18-12)19-17(23)9-15-5-3-4-8-21(15)13(2)22/h10,14-15H,3-9,11H2,1-2H3,(H,19,23)/t14-,15-/m0/s1. The fraction of sp³-hybridized carbons (Fsp3) is 0.706. The van der Waals surface area contributed by atoms with Gasteiger partial charge in [0.1, 0.15) is 5.82 Å². The second-order valence-corrected chi connectivity index (χ2v) is 6.82. The first-order chi connectivity index (χ1) is 11.0. The molecule has 0 aromatic carbocycles. The number of hydrogen-bond acceptors (Lipinski definition) is 3. The third-order valence-electron chi connectivity index (χ3n) is 4.93. The fourth-order valence-corrected chi connectivity index (χ4v) is 3.83. The van der Waals surface area contributed by atoms with E-state index in [1.54, 1.807) is 6.92 Å². The Morgan fingerprint density at radius 2 is 2.17 bits per heavy atom. The maximum Gasteiger partial charge on any atom is 0.222 e. The normalized spacial score (nSPS) is 24.2. The Labute approximate surface area is 137 Å². The summed E-state index contributed by atoms with van der Waals surface area (Å²) in [5, 5.41) is 3.15. The van der Waals surface area contributed by atoms with Crippen molar-refractivity contribution >= 4 is 11.8 Å². The first kappa shape index (κ1) is 16.0. The lowest BCUT2D eigenvalue weighted by Crippen LogP contribution is -2.47. The Bertz CT molecular complexity index is 595. The number of hydrogen-bond donors (Lipinski definition) is 1. The zero-order chi connectivity index (χ0) is 16.4. The van der Waals surface area contributed by atoms with Gasteiger partial charge < -0.3 is 14.8 Å². The van der Waals surface area contributed by atoms with Crippen LogP contribution in [0.25, 0.3) is 0 Å². The van der Waals surface area contributed by atoms with Gasteiger partial charge in [-0.2, -0.15) is 0 Å². The summed E-state index contributed by atoms with van der Waals surface area (Å²) in [6.07, 6.45) is 7.39. The molecule has 1 fully saturated rings. The molecule has 1 saturated heterocycles. The number of nitrogens with one attached hydrogen (secondary N) is 1. The summed E-state index contributed by atoms with van der Waals surface area (Å²) in [6.45, 7) is 5.18. The van der Waals surface area contributed by atoms with Crippen LogP contribution in [0.2, 0.25) is 0 Å². The molecule has 6 heteroatoms. The zero-order valence-corrected chi connectivity index (χ0v) is 14.0. The van der Waals surface area contributed by atoms with Gasteiger partial charge >= 0.3 is 0 Å². The van der Waals surface area contributed by atoms with E-state index >= 15 is 0 Å². The van der Waals surface area contributed by atoms with Crippen LogP contribution in [0.4, 0.5) is 0 Å². The van der Waals surface area contributed by atoms with Crippen LogP contribution in [0.5, 0.6) is 0 Å². The Hall–Kier alpha value is -1.85. The lowest BCUT2D eigenvalue weighted by molar-refractivity contribution is -0.134. The Morgan fingerprint density at radius 3 is 2.96 bits per heavy atom. The third-order valence-corrected chi connectivity index (χ3v) is 4.93. The first-order valence-corrected chi connectivity index (χ1v) is 8.62. The molecule has 0 radical (unpaired) electrons. The number of carbonyl (C=O) groups is 2. The van der Waals surface area contributed by atoms with Gasteiger partial charge in [0.25, 0.3) is 0 Å². The molecule has 2 aliphatic heterocycles. The number of carbonyl (C=O) groups excluding carboxylic acids is 2. The molecule has 6 nitrogen and oxygen atoms in total. The average Bonchev–Trinajstić information content (AvgIpc) is 2.86. The summed E-state index contributed by atoms with van der Waals surface area (Å²) in [6, 6.07) is 0.230. The number of aromatic nitrogens is 2. The van der Waals surface area contributed by atoms with Gasteiger partial charge in [-0.05, 0) is 32.6 Å². The van der Waals surface area contributed by atoms with Gasteiger partial charge in [0.15, 0.2) is 0 Å². The SMILES string of the molecule is CC(=O)N1CCCC[C@H]1CC(=O)N[C@H]1CCc2nc(C)cn2C1. The van der Waals surface area contributed by atoms with Crippen LogP contribution in [0.1, 0.15) is 50.5 Å². The summed E-state index contributed by atoms with van der Waals surface area (Å²) in [5.41, 5.74) is 1.03. The molecule has 1 aromatic heterocycles. The average molecular weight is 318 g/mol. The molecule has 2 aliphatic rings. The molecule has 0 spiro atoms. The molecule has 1 aromatic rings. The number of likely N-dealkylation sites (tertiary alicyclic amines) is 1. The van der Waals surface area contributed by atoms with E-state index in [0.717, 1.165) is 56.7 Å². The van der Waals surface area contributed by atoms with E-state index in [9.17, 15) is 9.59 Å². The van der Waals surface area contributed by atoms with E-state index in [1.807, 2.05) is 18.0 Å². The molecule has 0 saturated carbocycles. The van der Waals surface area contributed by atoms with Crippen molar-refractivity contribution in [2.75, 3.05) is 6.54 Å². The summed E-state index contributed by atoms with van der Waals surface area (Å²) in [5.74, 6) is 1.26. The highest BCUT2D eigenvalue weighted by atomic mass is 16.2. The van der Waals surface area contributed by atoms with Gasteiger partial charge in [-0.3, -0.25) is 9.59 Å². The minimum Gasteiger partial charge on any atom is -0.351 e. The molecule has 23 heavy (non-hydrogen) atoms. The lowest BCUT2D eigenvalue weighted by atomic mass is 9.98. The van der Waals surface area contributed by atoms with Crippen molar-refractivity contribution in [2.45, 2.75) is 71.0 Å². The van der Waals surface area contributed by atoms with Crippen LogP contribution in [0.3, 0.4) is 0 Å². The number of rotatable bonds is 3. The largest absolute Gasteiger partial charge is 0.351 e. The van der Waals surface area contributed by atoms with E-state index in [2.05, 4.69) is 14.9 Å². The first-order valence-electron chi connectivity index (χ1n) is 8.62. The van der Waals surface area contributed by atoms with E-state index < -0.39 is 0 Å². The highest BCUT2D eigenvalue weighted by molar-refractivity contribution is 5.79. The number of aryl methyl sites for hydroxylation is 2. The van der Waals surface area contributed by atoms with Gasteiger partial charge in [0, 0.05) is 51.1 Å². The summed E-state index contributed by atoms with van der Waals surface area (Å²) in [7, 11) is 0. The van der Waals surface area contributed by atoms with Gasteiger partial charge in [0.05, 0.1) is 5.69 Å². The molecule has 3 rings (SSSR count). The van der Waals surface area contributed by atoms with Crippen molar-refractivity contribution in [3.05, 3.63) is 17.7 Å². The monoisotopic (exact) mass is 318 g/mol. The third kappa shape index (κ3) is 3.74. The molecule has 0 unspecified atom stereocenters. The number of amides is 2. The topological polar surface area (TPSA) is 67.2 Å². The van der Waals surface area contributed by atoms with Crippen LogP contribution in [-0.4, -0.2) is 44.9 Å². The molecule has 0 bridgehead atoms. The number of fused-ring (bicyclic) bond motifs is 1. The van der Waals surface area contributed by atoms with E-state index in [4.69, 9.17) is 0 Å². The predicted molar refractivity (Wildman–Crippen MR) is 86.9 cm³/mol. The van der Waals surface area contributed by atoms with Crippen molar-refractivity contribution in [1.82, 2.24) is 19.8 Å². The van der Waals surface area contributed by atoms with E-state index in [0.29, 0.717) is 6.42 Å². The summed E-state index contributed by atoms with van der Waals surface area (Å²) in [4.78, 5) is 30.5. The van der Waals surface area contributed by atoms with E-state index in [1.165, 1.54) is 0 Å². The smallest absolute Gasteiger partial charge is 0.222 e. The van der Waals surface area contributed by atoms with Crippen molar-refractivity contribution in [2.24, 2.45) is 0 Å². The van der Waals surface area contributed by atoms with Gasteiger partial charge in [-0.25, -0.2) is 4.98 Å². The molecule has 2 amide bonds. The molecule has 3 heterocycles. The van der Waals surface area contributed by atoms with Crippen LogP contribution in [0.15, 0.2) is 6.20 Å². The van der Waals surface area contributed by atoms with Crippen molar-refractivity contribution in [3.8, 4) is 0 Å². The zero-order valence-electron chi connectivity index (χ0n) is 14.0.